The van der Waals surface area contributed by atoms with Gasteiger partial charge in [-0.3, -0.25) is 9.69 Å². The third kappa shape index (κ3) is 5.42. The largest absolute Gasteiger partial charge is 0.284 e. The van der Waals surface area contributed by atoms with E-state index in [0.29, 0.717) is 16.7 Å². The molecule has 1 amide bonds. The molecule has 0 unspecified atom stereocenters. The fourth-order valence-corrected chi connectivity index (χ4v) is 4.04. The van der Waals surface area contributed by atoms with Crippen LogP contribution in [0.25, 0.3) is 0 Å². The lowest BCUT2D eigenvalue weighted by molar-refractivity contribution is -0.126. The van der Waals surface area contributed by atoms with Crippen LogP contribution in [0.5, 0.6) is 0 Å². The van der Waals surface area contributed by atoms with E-state index in [2.05, 4.69) is 17.1 Å². The Morgan fingerprint density at radius 1 is 1.18 bits per heavy atom. The molecule has 1 aliphatic heterocycles. The van der Waals surface area contributed by atoms with Gasteiger partial charge in [0.25, 0.3) is 0 Å². The van der Waals surface area contributed by atoms with Crippen molar-refractivity contribution in [1.29, 1.82) is 0 Å². The van der Waals surface area contributed by atoms with Crippen molar-refractivity contribution < 1.29 is 9.18 Å². The van der Waals surface area contributed by atoms with Gasteiger partial charge < -0.3 is 0 Å². The quantitative estimate of drug-likeness (QED) is 0.440. The average Bonchev–Trinajstić information content (AvgIpc) is 2.98. The van der Waals surface area contributed by atoms with Gasteiger partial charge in [0.1, 0.15) is 5.82 Å². The summed E-state index contributed by atoms with van der Waals surface area (Å²) in [5.74, 6) is -0.267. The van der Waals surface area contributed by atoms with Crippen LogP contribution in [-0.2, 0) is 11.3 Å². The summed E-state index contributed by atoms with van der Waals surface area (Å²) in [6.45, 7) is 2.45. The van der Waals surface area contributed by atoms with Crippen LogP contribution < -0.4 is 0 Å². The van der Waals surface area contributed by atoms with Crippen molar-refractivity contribution in [2.24, 2.45) is 10.2 Å². The lowest BCUT2D eigenvalue weighted by Crippen LogP contribution is -2.31. The van der Waals surface area contributed by atoms with Crippen LogP contribution in [0, 0.1) is 5.82 Å². The van der Waals surface area contributed by atoms with Gasteiger partial charge in [0.2, 0.25) is 5.91 Å². The average molecular weight is 418 g/mol. The molecule has 1 heterocycles. The minimum Gasteiger partial charge on any atom is -0.284 e. The normalized spacial score (nSPS) is 18.5. The zero-order chi connectivity index (χ0) is 19.9. The van der Waals surface area contributed by atoms with Crippen molar-refractivity contribution in [2.45, 2.75) is 38.0 Å². The highest BCUT2D eigenvalue weighted by Gasteiger charge is 2.37. The van der Waals surface area contributed by atoms with Gasteiger partial charge in [-0.2, -0.15) is 5.10 Å². The Balaban J connectivity index is 1.78. The van der Waals surface area contributed by atoms with Gasteiger partial charge in [0.05, 0.1) is 18.0 Å². The summed E-state index contributed by atoms with van der Waals surface area (Å²) < 4.78 is 13.2. The Labute approximate surface area is 173 Å². The summed E-state index contributed by atoms with van der Waals surface area (Å²) >= 11 is 7.33. The summed E-state index contributed by atoms with van der Waals surface area (Å²) in [5.41, 5.74) is 1.72. The van der Waals surface area contributed by atoms with Crippen LogP contribution in [0.15, 0.2) is 58.7 Å². The molecule has 7 heteroatoms. The fraction of sp³-hybridized carbons (Fsp3) is 0.286. The first-order valence-electron chi connectivity index (χ1n) is 9.16. The number of thioether (sulfide) groups is 1. The van der Waals surface area contributed by atoms with E-state index in [9.17, 15) is 9.18 Å². The Morgan fingerprint density at radius 3 is 2.57 bits per heavy atom. The molecule has 2 aromatic carbocycles. The molecule has 1 fully saturated rings. The van der Waals surface area contributed by atoms with Crippen LogP contribution in [0.1, 0.15) is 37.3 Å². The van der Waals surface area contributed by atoms with E-state index >= 15 is 0 Å². The number of carbonyl (C=O) groups excluding carboxylic acids is 1. The van der Waals surface area contributed by atoms with E-state index in [0.717, 1.165) is 30.4 Å². The molecule has 1 saturated heterocycles. The third-order valence-electron chi connectivity index (χ3n) is 4.31. The highest BCUT2D eigenvalue weighted by Crippen LogP contribution is 2.32. The Kier molecular flexibility index (Phi) is 7.23. The number of benzene rings is 2. The van der Waals surface area contributed by atoms with Crippen molar-refractivity contribution in [3.63, 3.8) is 0 Å². The number of halogens is 2. The van der Waals surface area contributed by atoms with E-state index in [4.69, 9.17) is 11.6 Å². The van der Waals surface area contributed by atoms with Crippen LogP contribution in [-0.4, -0.2) is 27.4 Å². The Bertz CT molecular complexity index is 868. The zero-order valence-corrected chi connectivity index (χ0v) is 17.1. The Morgan fingerprint density at radius 2 is 1.89 bits per heavy atom. The van der Waals surface area contributed by atoms with Gasteiger partial charge in [-0.25, -0.2) is 4.39 Å². The maximum absolute atomic E-state index is 13.2. The monoisotopic (exact) mass is 417 g/mol. The summed E-state index contributed by atoms with van der Waals surface area (Å²) in [7, 11) is 0. The number of carbonyl (C=O) groups is 1. The molecule has 0 aliphatic carbocycles. The fourth-order valence-electron chi connectivity index (χ4n) is 2.77. The molecule has 0 spiro atoms. The van der Waals surface area contributed by atoms with E-state index < -0.39 is 0 Å². The van der Waals surface area contributed by atoms with Gasteiger partial charge in [-0.05, 0) is 41.8 Å². The first-order chi connectivity index (χ1) is 13.6. The number of rotatable bonds is 7. The van der Waals surface area contributed by atoms with Crippen molar-refractivity contribution in [3.05, 3.63) is 70.5 Å². The van der Waals surface area contributed by atoms with Crippen molar-refractivity contribution in [3.8, 4) is 0 Å². The topological polar surface area (TPSA) is 45.0 Å². The van der Waals surface area contributed by atoms with E-state index in [-0.39, 0.29) is 17.0 Å². The maximum atomic E-state index is 13.2. The van der Waals surface area contributed by atoms with Gasteiger partial charge >= 0.3 is 0 Å². The molecule has 1 aliphatic rings. The van der Waals surface area contributed by atoms with Crippen LogP contribution in [0.4, 0.5) is 4.39 Å². The van der Waals surface area contributed by atoms with Gasteiger partial charge in [-0.15, -0.1) is 5.10 Å². The van der Waals surface area contributed by atoms with Crippen LogP contribution in [0.2, 0.25) is 5.02 Å². The third-order valence-corrected chi connectivity index (χ3v) is 5.80. The molecule has 0 N–H and O–H groups in total. The molecular weight excluding hydrogens is 397 g/mol. The van der Waals surface area contributed by atoms with Crippen LogP contribution in [0.3, 0.4) is 0 Å². The molecular formula is C21H21ClFN3OS. The number of hydrogen-bond donors (Lipinski definition) is 0. The highest BCUT2D eigenvalue weighted by molar-refractivity contribution is 8.15. The molecule has 0 aromatic heterocycles. The first kappa shape index (κ1) is 20.6. The molecule has 0 saturated carbocycles. The number of unbranched alkanes of at least 4 members (excludes halogenated alkanes) is 1. The van der Waals surface area contributed by atoms with Crippen molar-refractivity contribution >= 4 is 40.7 Å². The van der Waals surface area contributed by atoms with Crippen molar-refractivity contribution in [1.82, 2.24) is 4.90 Å². The molecule has 0 bridgehead atoms. The second kappa shape index (κ2) is 9.85. The molecule has 2 aromatic rings. The molecule has 28 heavy (non-hydrogen) atoms. The number of amides is 1. The number of amidine groups is 1. The van der Waals surface area contributed by atoms with E-state index in [1.54, 1.807) is 35.4 Å². The van der Waals surface area contributed by atoms with Crippen molar-refractivity contribution in [2.75, 3.05) is 0 Å². The lowest BCUT2D eigenvalue weighted by Gasteiger charge is -2.15. The predicted molar refractivity (Wildman–Crippen MR) is 114 cm³/mol. The van der Waals surface area contributed by atoms with E-state index in [1.807, 2.05) is 12.1 Å². The summed E-state index contributed by atoms with van der Waals surface area (Å²) in [6, 6.07) is 13.4. The summed E-state index contributed by atoms with van der Waals surface area (Å²) in [6.07, 6.45) is 4.45. The second-order valence-corrected chi connectivity index (χ2v) is 8.08. The Hall–Kier alpha value is -2.18. The smallest absolute Gasteiger partial charge is 0.242 e. The second-order valence-electron chi connectivity index (χ2n) is 6.48. The molecule has 0 radical (unpaired) electrons. The highest BCUT2D eigenvalue weighted by atomic mass is 35.5. The minimum atomic E-state index is -0.298. The first-order valence-corrected chi connectivity index (χ1v) is 10.4. The SMILES string of the molecule is CCCC[C@H]1S/C(=N/N=C\c2ccc(Cl)cc2)N(Cc2ccc(F)cc2)C1=O. The number of hydrogen-bond acceptors (Lipinski definition) is 4. The molecule has 1 atom stereocenters. The molecule has 146 valence electrons. The summed E-state index contributed by atoms with van der Waals surface area (Å²) in [4.78, 5) is 14.5. The standard InChI is InChI=1S/C21H21ClFN3OS/c1-2-3-4-19-20(27)26(14-16-7-11-18(23)12-8-16)21(28-19)25-24-13-15-5-9-17(22)10-6-15/h5-13,19H,2-4,14H2,1H3/b24-13-,25-21+/t19-/m1/s1. The predicted octanol–water partition coefficient (Wildman–Crippen LogP) is 5.50. The maximum Gasteiger partial charge on any atom is 0.242 e. The minimum absolute atomic E-state index is 0.0308. The van der Waals surface area contributed by atoms with Gasteiger partial charge in [0.15, 0.2) is 5.17 Å². The molecule has 4 nitrogen and oxygen atoms in total. The number of nitrogens with zero attached hydrogens (tertiary/aromatic N) is 3. The zero-order valence-electron chi connectivity index (χ0n) is 15.5. The van der Waals surface area contributed by atoms with Gasteiger partial charge in [0, 0.05) is 5.02 Å². The summed E-state index contributed by atoms with van der Waals surface area (Å²) in [5, 5.41) is 9.52. The van der Waals surface area contributed by atoms with Crippen LogP contribution >= 0.6 is 23.4 Å². The van der Waals surface area contributed by atoms with Gasteiger partial charge in [-0.1, -0.05) is 67.4 Å². The molecule has 3 rings (SSSR count). The van der Waals surface area contributed by atoms with E-state index in [1.165, 1.54) is 23.9 Å². The lowest BCUT2D eigenvalue weighted by atomic mass is 10.1.